The zero-order valence-corrected chi connectivity index (χ0v) is 11.6. The fraction of sp³-hybridized carbons (Fsp3) is 0.600. The molecule has 2 bridgehead atoms. The van der Waals surface area contributed by atoms with Crippen LogP contribution >= 0.6 is 0 Å². The highest BCUT2D eigenvalue weighted by atomic mass is 16.5. The normalized spacial score (nSPS) is 28.4. The van der Waals surface area contributed by atoms with E-state index in [1.54, 1.807) is 14.2 Å². The highest BCUT2D eigenvalue weighted by molar-refractivity contribution is 5.72. The smallest absolute Gasteiger partial charge is 0.162 e. The summed E-state index contributed by atoms with van der Waals surface area (Å²) >= 11 is 0. The lowest BCUT2D eigenvalue weighted by atomic mass is 9.95. The third-order valence-electron chi connectivity index (χ3n) is 4.63. The molecular weight excluding hydrogens is 240 g/mol. The first kappa shape index (κ1) is 12.5. The Balaban J connectivity index is 1.80. The van der Waals surface area contributed by atoms with Gasteiger partial charge in [-0.2, -0.15) is 0 Å². The maximum Gasteiger partial charge on any atom is 0.162 e. The Kier molecular flexibility index (Phi) is 3.17. The summed E-state index contributed by atoms with van der Waals surface area (Å²) in [6.45, 7) is 0. The lowest BCUT2D eigenvalue weighted by Crippen LogP contribution is -2.26. The van der Waals surface area contributed by atoms with Gasteiger partial charge in [0.05, 0.1) is 25.6 Å². The first-order valence-electron chi connectivity index (χ1n) is 6.99. The molecule has 0 spiro atoms. The Bertz CT molecular complexity index is 475. The Morgan fingerprint density at radius 2 is 1.84 bits per heavy atom. The Hall–Kier alpha value is -1.58. The molecule has 0 aliphatic heterocycles. The van der Waals surface area contributed by atoms with Crippen molar-refractivity contribution in [3.05, 3.63) is 12.1 Å². The van der Waals surface area contributed by atoms with Crippen LogP contribution in [-0.2, 0) is 0 Å². The number of anilines is 2. The van der Waals surface area contributed by atoms with Crippen LogP contribution in [0.1, 0.15) is 25.7 Å². The van der Waals surface area contributed by atoms with Gasteiger partial charge in [0.2, 0.25) is 0 Å². The van der Waals surface area contributed by atoms with Crippen LogP contribution in [0.15, 0.2) is 12.1 Å². The summed E-state index contributed by atoms with van der Waals surface area (Å²) in [6, 6.07) is 4.34. The van der Waals surface area contributed by atoms with Gasteiger partial charge in [-0.05, 0) is 31.1 Å². The van der Waals surface area contributed by atoms with Crippen LogP contribution in [0.25, 0.3) is 0 Å². The van der Waals surface area contributed by atoms with E-state index in [0.717, 1.165) is 29.0 Å². The van der Waals surface area contributed by atoms with Crippen LogP contribution in [-0.4, -0.2) is 20.3 Å². The van der Waals surface area contributed by atoms with Gasteiger partial charge < -0.3 is 20.5 Å². The van der Waals surface area contributed by atoms with E-state index in [1.165, 1.54) is 25.7 Å². The molecule has 1 aromatic carbocycles. The summed E-state index contributed by atoms with van der Waals surface area (Å²) in [4.78, 5) is 0. The first-order valence-corrected chi connectivity index (χ1v) is 6.99. The zero-order valence-electron chi connectivity index (χ0n) is 11.6. The predicted molar refractivity (Wildman–Crippen MR) is 76.8 cm³/mol. The standard InChI is InChI=1S/C15H22N2O2/c1-18-14-7-11(16)13(8-15(14)19-2)17-12-6-9-3-4-10(12)5-9/h7-10,12,17H,3-6,16H2,1-2H3. The number of hydrogen-bond acceptors (Lipinski definition) is 4. The van der Waals surface area contributed by atoms with Gasteiger partial charge in [-0.1, -0.05) is 6.42 Å². The molecule has 2 fully saturated rings. The number of benzene rings is 1. The molecule has 19 heavy (non-hydrogen) atoms. The van der Waals surface area contributed by atoms with Crippen LogP contribution in [0.4, 0.5) is 11.4 Å². The second kappa shape index (κ2) is 4.83. The number of nitrogen functional groups attached to an aromatic ring is 1. The molecule has 0 radical (unpaired) electrons. The largest absolute Gasteiger partial charge is 0.493 e. The average Bonchev–Trinajstić information content (AvgIpc) is 3.03. The number of nitrogens with two attached hydrogens (primary N) is 1. The minimum atomic E-state index is 0.569. The molecule has 0 saturated heterocycles. The molecule has 4 heteroatoms. The molecule has 2 aliphatic rings. The molecule has 3 N–H and O–H groups in total. The molecule has 3 atom stereocenters. The molecule has 3 rings (SSSR count). The molecule has 104 valence electrons. The SMILES string of the molecule is COc1cc(N)c(NC2CC3CCC2C3)cc1OC. The van der Waals surface area contributed by atoms with Gasteiger partial charge in [-0.15, -0.1) is 0 Å². The molecular formula is C15H22N2O2. The zero-order chi connectivity index (χ0) is 13.4. The van der Waals surface area contributed by atoms with E-state index in [-0.39, 0.29) is 0 Å². The summed E-state index contributed by atoms with van der Waals surface area (Å²) in [5.41, 5.74) is 7.79. The van der Waals surface area contributed by atoms with Gasteiger partial charge >= 0.3 is 0 Å². The van der Waals surface area contributed by atoms with Crippen molar-refractivity contribution >= 4 is 11.4 Å². The lowest BCUT2D eigenvalue weighted by molar-refractivity contribution is 0.355. The Labute approximate surface area is 114 Å². The van der Waals surface area contributed by atoms with E-state index in [4.69, 9.17) is 15.2 Å². The maximum atomic E-state index is 6.10. The first-order chi connectivity index (χ1) is 9.21. The molecule has 4 nitrogen and oxygen atoms in total. The van der Waals surface area contributed by atoms with Crippen molar-refractivity contribution in [1.29, 1.82) is 0 Å². The van der Waals surface area contributed by atoms with Crippen LogP contribution in [0.5, 0.6) is 11.5 Å². The summed E-state index contributed by atoms with van der Waals surface area (Å²) in [7, 11) is 3.27. The number of ether oxygens (including phenoxy) is 2. The topological polar surface area (TPSA) is 56.5 Å². The summed E-state index contributed by atoms with van der Waals surface area (Å²) in [6.07, 6.45) is 5.42. The predicted octanol–water partition coefficient (Wildman–Crippen LogP) is 2.89. The fourth-order valence-electron chi connectivity index (χ4n) is 3.64. The highest BCUT2D eigenvalue weighted by Gasteiger charge is 2.39. The summed E-state index contributed by atoms with van der Waals surface area (Å²) in [5, 5.41) is 3.61. The third kappa shape index (κ3) is 2.20. The molecule has 0 heterocycles. The van der Waals surface area contributed by atoms with E-state index in [9.17, 15) is 0 Å². The lowest BCUT2D eigenvalue weighted by Gasteiger charge is -2.25. The number of nitrogens with one attached hydrogen (secondary N) is 1. The number of hydrogen-bond donors (Lipinski definition) is 2. The van der Waals surface area contributed by atoms with Crippen molar-refractivity contribution in [3.8, 4) is 11.5 Å². The second-order valence-electron chi connectivity index (χ2n) is 5.72. The van der Waals surface area contributed by atoms with Gasteiger partial charge in [0.1, 0.15) is 0 Å². The van der Waals surface area contributed by atoms with E-state index < -0.39 is 0 Å². The van der Waals surface area contributed by atoms with Gasteiger partial charge in [0, 0.05) is 18.2 Å². The number of methoxy groups -OCH3 is 2. The van der Waals surface area contributed by atoms with Crippen LogP contribution in [0.3, 0.4) is 0 Å². The quantitative estimate of drug-likeness (QED) is 0.819. The maximum absolute atomic E-state index is 6.10. The van der Waals surface area contributed by atoms with Crippen molar-refractivity contribution in [3.63, 3.8) is 0 Å². The highest BCUT2D eigenvalue weighted by Crippen LogP contribution is 2.46. The summed E-state index contributed by atoms with van der Waals surface area (Å²) < 4.78 is 10.6. The van der Waals surface area contributed by atoms with Crippen LogP contribution < -0.4 is 20.5 Å². The Morgan fingerprint density at radius 1 is 1.11 bits per heavy atom. The molecule has 0 aromatic heterocycles. The van der Waals surface area contributed by atoms with E-state index >= 15 is 0 Å². The molecule has 3 unspecified atom stereocenters. The van der Waals surface area contributed by atoms with Crippen molar-refractivity contribution < 1.29 is 9.47 Å². The minimum absolute atomic E-state index is 0.569. The molecule has 2 saturated carbocycles. The van der Waals surface area contributed by atoms with Crippen molar-refractivity contribution in [1.82, 2.24) is 0 Å². The third-order valence-corrected chi connectivity index (χ3v) is 4.63. The number of fused-ring (bicyclic) bond motifs is 2. The molecule has 0 amide bonds. The molecule has 1 aromatic rings. The Morgan fingerprint density at radius 3 is 2.42 bits per heavy atom. The van der Waals surface area contributed by atoms with Crippen molar-refractivity contribution in [2.75, 3.05) is 25.3 Å². The number of rotatable bonds is 4. The van der Waals surface area contributed by atoms with Gasteiger partial charge in [-0.25, -0.2) is 0 Å². The van der Waals surface area contributed by atoms with E-state index in [2.05, 4.69) is 5.32 Å². The van der Waals surface area contributed by atoms with E-state index in [1.807, 2.05) is 12.1 Å². The van der Waals surface area contributed by atoms with Crippen LogP contribution in [0.2, 0.25) is 0 Å². The second-order valence-corrected chi connectivity index (χ2v) is 5.72. The minimum Gasteiger partial charge on any atom is -0.493 e. The summed E-state index contributed by atoms with van der Waals surface area (Å²) in [5.74, 6) is 3.14. The van der Waals surface area contributed by atoms with Gasteiger partial charge in [0.15, 0.2) is 11.5 Å². The van der Waals surface area contributed by atoms with Crippen molar-refractivity contribution in [2.45, 2.75) is 31.7 Å². The van der Waals surface area contributed by atoms with E-state index in [0.29, 0.717) is 11.8 Å². The monoisotopic (exact) mass is 262 g/mol. The fourth-order valence-corrected chi connectivity index (χ4v) is 3.64. The van der Waals surface area contributed by atoms with Crippen molar-refractivity contribution in [2.24, 2.45) is 11.8 Å². The van der Waals surface area contributed by atoms with Gasteiger partial charge in [0.25, 0.3) is 0 Å². The average molecular weight is 262 g/mol. The van der Waals surface area contributed by atoms with Gasteiger partial charge in [-0.3, -0.25) is 0 Å². The van der Waals surface area contributed by atoms with Crippen LogP contribution in [0, 0.1) is 11.8 Å². The molecule has 2 aliphatic carbocycles.